The molecule has 0 bridgehead atoms. The van der Waals surface area contributed by atoms with Gasteiger partial charge in [-0.3, -0.25) is 9.79 Å². The maximum Gasteiger partial charge on any atom is 0.287 e. The second-order valence-corrected chi connectivity index (χ2v) is 6.46. The monoisotopic (exact) mass is 560 g/mol. The van der Waals surface area contributed by atoms with Crippen LogP contribution in [0.2, 0.25) is 15.1 Å². The highest BCUT2D eigenvalue weighted by Gasteiger charge is 2.09. The van der Waals surface area contributed by atoms with Gasteiger partial charge in [0.2, 0.25) is 0 Å². The molecule has 0 unspecified atom stereocenters. The molecule has 28 heavy (non-hydrogen) atoms. The average Bonchev–Trinajstić information content (AvgIpc) is 3.16. The van der Waals surface area contributed by atoms with Gasteiger partial charge in [0, 0.05) is 25.2 Å². The summed E-state index contributed by atoms with van der Waals surface area (Å²) in [6.07, 6.45) is 1.45. The molecule has 1 aromatic heterocycles. The first-order valence-electron chi connectivity index (χ1n) is 8.05. The smallest absolute Gasteiger partial charge is 0.287 e. The van der Waals surface area contributed by atoms with Gasteiger partial charge in [-0.1, -0.05) is 34.8 Å². The van der Waals surface area contributed by atoms with Crippen molar-refractivity contribution in [1.29, 1.82) is 0 Å². The van der Waals surface area contributed by atoms with Gasteiger partial charge in [-0.25, -0.2) is 0 Å². The van der Waals surface area contributed by atoms with Crippen LogP contribution in [0.25, 0.3) is 0 Å². The van der Waals surface area contributed by atoms with E-state index in [-0.39, 0.29) is 35.6 Å². The van der Waals surface area contributed by atoms with E-state index in [1.165, 1.54) is 6.26 Å². The number of halogens is 4. The first-order chi connectivity index (χ1) is 13.0. The zero-order chi connectivity index (χ0) is 19.6. The summed E-state index contributed by atoms with van der Waals surface area (Å²) in [5.41, 5.74) is 0. The molecule has 3 N–H and O–H groups in total. The lowest BCUT2D eigenvalue weighted by molar-refractivity contribution is 0.0926. The highest BCUT2D eigenvalue weighted by atomic mass is 127. The number of nitrogens with zero attached hydrogens (tertiary/aromatic N) is 1. The molecular formula is C17H20Cl3IN4O3. The minimum absolute atomic E-state index is 0. The van der Waals surface area contributed by atoms with Crippen LogP contribution < -0.4 is 20.7 Å². The molecule has 0 fully saturated rings. The number of nitrogens with one attached hydrogen (secondary N) is 3. The van der Waals surface area contributed by atoms with E-state index < -0.39 is 0 Å². The first-order valence-corrected chi connectivity index (χ1v) is 9.18. The van der Waals surface area contributed by atoms with Gasteiger partial charge in [0.05, 0.1) is 22.9 Å². The van der Waals surface area contributed by atoms with Crippen LogP contribution in [0.4, 0.5) is 0 Å². The second kappa shape index (κ2) is 13.0. The van der Waals surface area contributed by atoms with Crippen molar-refractivity contribution in [2.75, 3.05) is 33.3 Å². The van der Waals surface area contributed by atoms with Crippen molar-refractivity contribution in [1.82, 2.24) is 16.0 Å². The standard InChI is InChI=1S/C17H19Cl3N4O3.HI/c1-21-17(23-5-4-22-16(25)14-3-2-7-26-14)24-6-8-27-15-12(19)9-11(18)10-13(15)20;/h2-3,7,9-10H,4-6,8H2,1H3,(H,22,25)(H2,21,23,24);1H. The van der Waals surface area contributed by atoms with Crippen LogP contribution in [0.3, 0.4) is 0 Å². The molecule has 7 nitrogen and oxygen atoms in total. The molecule has 1 heterocycles. The number of benzene rings is 1. The summed E-state index contributed by atoms with van der Waals surface area (Å²) in [5.74, 6) is 0.955. The Hall–Kier alpha value is -1.36. The minimum Gasteiger partial charge on any atom is -0.489 e. The molecule has 0 saturated heterocycles. The molecule has 0 spiro atoms. The van der Waals surface area contributed by atoms with Crippen molar-refractivity contribution in [3.05, 3.63) is 51.4 Å². The molecular weight excluding hydrogens is 541 g/mol. The van der Waals surface area contributed by atoms with Crippen LogP contribution in [-0.2, 0) is 0 Å². The summed E-state index contributed by atoms with van der Waals surface area (Å²) >= 11 is 18.0. The van der Waals surface area contributed by atoms with Crippen molar-refractivity contribution in [3.8, 4) is 5.75 Å². The molecule has 2 rings (SSSR count). The van der Waals surface area contributed by atoms with Gasteiger partial charge >= 0.3 is 0 Å². The first kappa shape index (κ1) is 24.7. The van der Waals surface area contributed by atoms with Crippen molar-refractivity contribution in [3.63, 3.8) is 0 Å². The Labute approximate surface area is 195 Å². The number of carbonyl (C=O) groups is 1. The van der Waals surface area contributed by atoms with Crippen LogP contribution in [-0.4, -0.2) is 45.2 Å². The second-order valence-electron chi connectivity index (χ2n) is 5.21. The van der Waals surface area contributed by atoms with Crippen molar-refractivity contribution in [2.24, 2.45) is 4.99 Å². The van der Waals surface area contributed by atoms with E-state index in [9.17, 15) is 4.79 Å². The maximum absolute atomic E-state index is 11.7. The molecule has 0 aliphatic carbocycles. The SMILES string of the molecule is CN=C(NCCNC(=O)c1ccco1)NCCOc1c(Cl)cc(Cl)cc1Cl.I. The number of aliphatic imine (C=N–C) groups is 1. The number of amides is 1. The fourth-order valence-corrected chi connectivity index (χ4v) is 2.99. The average molecular weight is 562 g/mol. The van der Waals surface area contributed by atoms with Gasteiger partial charge in [-0.15, -0.1) is 24.0 Å². The van der Waals surface area contributed by atoms with Crippen LogP contribution >= 0.6 is 58.8 Å². The number of hydrogen-bond acceptors (Lipinski definition) is 4. The Morgan fingerprint density at radius 3 is 2.36 bits per heavy atom. The lowest BCUT2D eigenvalue weighted by Crippen LogP contribution is -2.42. The Balaban J connectivity index is 0.00000392. The fraction of sp³-hybridized carbons (Fsp3) is 0.294. The molecule has 11 heteroatoms. The molecule has 0 aliphatic rings. The Kier molecular flexibility index (Phi) is 11.4. The summed E-state index contributed by atoms with van der Waals surface area (Å²) in [7, 11) is 1.64. The summed E-state index contributed by atoms with van der Waals surface area (Å²) in [6.45, 7) is 1.68. The third-order valence-corrected chi connectivity index (χ3v) is 4.06. The van der Waals surface area contributed by atoms with Crippen LogP contribution in [0.15, 0.2) is 39.9 Å². The maximum atomic E-state index is 11.7. The molecule has 0 aliphatic heterocycles. The third-order valence-electron chi connectivity index (χ3n) is 3.28. The predicted molar refractivity (Wildman–Crippen MR) is 123 cm³/mol. The van der Waals surface area contributed by atoms with Crippen LogP contribution in [0.1, 0.15) is 10.6 Å². The summed E-state index contributed by atoms with van der Waals surface area (Å²) < 4.78 is 10.6. The lowest BCUT2D eigenvalue weighted by Gasteiger charge is -2.14. The Bertz CT molecular complexity index is 765. The van der Waals surface area contributed by atoms with Gasteiger partial charge < -0.3 is 25.1 Å². The van der Waals surface area contributed by atoms with E-state index in [1.54, 1.807) is 31.3 Å². The summed E-state index contributed by atoms with van der Waals surface area (Å²) in [6, 6.07) is 6.39. The van der Waals surface area contributed by atoms with Crippen molar-refractivity contribution in [2.45, 2.75) is 0 Å². The van der Waals surface area contributed by atoms with Crippen molar-refractivity contribution >= 4 is 70.6 Å². The van der Waals surface area contributed by atoms with E-state index in [4.69, 9.17) is 44.0 Å². The number of hydrogen-bond donors (Lipinski definition) is 3. The van der Waals surface area contributed by atoms with Gasteiger partial charge in [-0.05, 0) is 24.3 Å². The Morgan fingerprint density at radius 2 is 1.75 bits per heavy atom. The minimum atomic E-state index is -0.269. The zero-order valence-electron chi connectivity index (χ0n) is 14.9. The molecule has 1 aromatic carbocycles. The summed E-state index contributed by atoms with van der Waals surface area (Å²) in [5, 5.41) is 10.0. The van der Waals surface area contributed by atoms with E-state index in [2.05, 4.69) is 20.9 Å². The lowest BCUT2D eigenvalue weighted by atomic mass is 10.3. The molecule has 154 valence electrons. The normalized spacial score (nSPS) is 10.8. The molecule has 2 aromatic rings. The number of rotatable bonds is 8. The number of guanidine groups is 1. The van der Waals surface area contributed by atoms with Gasteiger partial charge in [0.15, 0.2) is 17.5 Å². The zero-order valence-corrected chi connectivity index (χ0v) is 19.5. The van der Waals surface area contributed by atoms with Gasteiger partial charge in [-0.2, -0.15) is 0 Å². The van der Waals surface area contributed by atoms with E-state index in [0.717, 1.165) is 0 Å². The van der Waals surface area contributed by atoms with E-state index >= 15 is 0 Å². The molecule has 1 amide bonds. The van der Waals surface area contributed by atoms with E-state index in [0.29, 0.717) is 53.0 Å². The van der Waals surface area contributed by atoms with Crippen LogP contribution in [0.5, 0.6) is 5.75 Å². The summed E-state index contributed by atoms with van der Waals surface area (Å²) in [4.78, 5) is 15.8. The molecule has 0 atom stereocenters. The topological polar surface area (TPSA) is 87.9 Å². The highest BCUT2D eigenvalue weighted by Crippen LogP contribution is 2.35. The number of furan rings is 1. The largest absolute Gasteiger partial charge is 0.489 e. The number of carbonyl (C=O) groups excluding carboxylic acids is 1. The van der Waals surface area contributed by atoms with Gasteiger partial charge in [0.25, 0.3) is 5.91 Å². The van der Waals surface area contributed by atoms with Crippen LogP contribution in [0, 0.1) is 0 Å². The highest BCUT2D eigenvalue weighted by molar-refractivity contribution is 14.0. The molecule has 0 radical (unpaired) electrons. The third kappa shape index (κ3) is 7.94. The Morgan fingerprint density at radius 1 is 1.11 bits per heavy atom. The quantitative estimate of drug-likeness (QED) is 0.197. The molecule has 0 saturated carbocycles. The predicted octanol–water partition coefficient (Wildman–Crippen LogP) is 3.83. The van der Waals surface area contributed by atoms with Crippen molar-refractivity contribution < 1.29 is 13.9 Å². The number of ether oxygens (including phenoxy) is 1. The van der Waals surface area contributed by atoms with Gasteiger partial charge in [0.1, 0.15) is 6.61 Å². The fourth-order valence-electron chi connectivity index (χ4n) is 2.06. The van der Waals surface area contributed by atoms with E-state index in [1.807, 2.05) is 0 Å².